The quantitative estimate of drug-likeness (QED) is 0.407. The second kappa shape index (κ2) is 9.49. The van der Waals surface area contributed by atoms with Crippen molar-refractivity contribution in [3.05, 3.63) is 113 Å². The number of nitrogens with one attached hydrogen (secondary N) is 1. The van der Waals surface area contributed by atoms with E-state index in [1.54, 1.807) is 18.3 Å². The minimum Gasteiger partial charge on any atom is -0.488 e. The van der Waals surface area contributed by atoms with Gasteiger partial charge in [0.2, 0.25) is 0 Å². The Kier molecular flexibility index (Phi) is 6.34. The van der Waals surface area contributed by atoms with Crippen molar-refractivity contribution in [2.45, 2.75) is 20.1 Å². The van der Waals surface area contributed by atoms with E-state index in [1.165, 1.54) is 0 Å². The van der Waals surface area contributed by atoms with Crippen molar-refractivity contribution in [3.63, 3.8) is 0 Å². The van der Waals surface area contributed by atoms with E-state index in [1.807, 2.05) is 73.8 Å². The molecule has 0 saturated heterocycles. The Balaban J connectivity index is 1.41. The molecule has 3 aromatic carbocycles. The Bertz CT molecular complexity index is 1170. The summed E-state index contributed by atoms with van der Waals surface area (Å²) in [6.07, 6.45) is 3.74. The highest BCUT2D eigenvalue weighted by Crippen LogP contribution is 2.22. The summed E-state index contributed by atoms with van der Waals surface area (Å²) in [6, 6.07) is 22.4. The molecule has 5 nitrogen and oxygen atoms in total. The zero-order valence-electron chi connectivity index (χ0n) is 17.1. The summed E-state index contributed by atoms with van der Waals surface area (Å²) < 4.78 is 7.97. The lowest BCUT2D eigenvalue weighted by Crippen LogP contribution is -2.13. The van der Waals surface area contributed by atoms with E-state index in [0.717, 1.165) is 29.2 Å². The largest absolute Gasteiger partial charge is 0.488 e. The van der Waals surface area contributed by atoms with Crippen molar-refractivity contribution >= 4 is 23.2 Å². The topological polar surface area (TPSA) is 56.2 Å². The van der Waals surface area contributed by atoms with Crippen LogP contribution in [0.2, 0.25) is 5.02 Å². The summed E-state index contributed by atoms with van der Waals surface area (Å²) in [5.74, 6) is 1.28. The maximum Gasteiger partial charge on any atom is 0.259 e. The summed E-state index contributed by atoms with van der Waals surface area (Å²) in [6.45, 7) is 3.06. The van der Waals surface area contributed by atoms with Gasteiger partial charge in [-0.15, -0.1) is 0 Å². The second-order valence-electron chi connectivity index (χ2n) is 7.16. The molecule has 1 N–H and O–H groups in total. The van der Waals surface area contributed by atoms with Gasteiger partial charge in [0.05, 0.1) is 5.56 Å². The zero-order valence-corrected chi connectivity index (χ0v) is 17.8. The smallest absolute Gasteiger partial charge is 0.259 e. The summed E-state index contributed by atoms with van der Waals surface area (Å²) in [5, 5.41) is 3.62. The van der Waals surface area contributed by atoms with Crippen LogP contribution in [0.15, 0.2) is 85.2 Å². The number of aryl methyl sites for hydroxylation is 1. The van der Waals surface area contributed by atoms with Gasteiger partial charge >= 0.3 is 0 Å². The Labute approximate surface area is 186 Å². The number of rotatable bonds is 7. The van der Waals surface area contributed by atoms with E-state index in [-0.39, 0.29) is 5.91 Å². The average Bonchev–Trinajstić information content (AvgIpc) is 3.19. The number of hydrogen-bond acceptors (Lipinski definition) is 3. The van der Waals surface area contributed by atoms with Crippen LogP contribution in [0.5, 0.6) is 5.75 Å². The summed E-state index contributed by atoms with van der Waals surface area (Å²) in [7, 11) is 0. The van der Waals surface area contributed by atoms with Gasteiger partial charge in [-0.1, -0.05) is 48.0 Å². The number of amides is 1. The molecule has 0 radical (unpaired) electrons. The van der Waals surface area contributed by atoms with Crippen LogP contribution in [0.1, 0.15) is 27.3 Å². The number of aromatic nitrogens is 2. The number of para-hydroxylation sites is 1. The van der Waals surface area contributed by atoms with E-state index in [2.05, 4.69) is 14.9 Å². The van der Waals surface area contributed by atoms with Gasteiger partial charge in [-0.05, 0) is 54.4 Å². The van der Waals surface area contributed by atoms with Crippen molar-refractivity contribution in [1.29, 1.82) is 0 Å². The summed E-state index contributed by atoms with van der Waals surface area (Å²) in [4.78, 5) is 17.1. The van der Waals surface area contributed by atoms with Crippen LogP contribution in [0.3, 0.4) is 0 Å². The fraction of sp³-hybridized carbons (Fsp3) is 0.120. The third-order valence-electron chi connectivity index (χ3n) is 4.93. The molecule has 6 heteroatoms. The molecule has 4 rings (SSSR count). The van der Waals surface area contributed by atoms with Crippen molar-refractivity contribution < 1.29 is 9.53 Å². The first-order chi connectivity index (χ1) is 15.1. The number of hydrogen-bond donors (Lipinski definition) is 1. The fourth-order valence-electron chi connectivity index (χ4n) is 3.18. The zero-order chi connectivity index (χ0) is 21.6. The number of anilines is 1. The van der Waals surface area contributed by atoms with E-state index in [0.29, 0.717) is 22.9 Å². The molecule has 0 aliphatic rings. The highest BCUT2D eigenvalue weighted by Gasteiger charge is 2.13. The molecule has 31 heavy (non-hydrogen) atoms. The van der Waals surface area contributed by atoms with E-state index in [9.17, 15) is 4.79 Å². The van der Waals surface area contributed by atoms with E-state index < -0.39 is 0 Å². The molecule has 0 bridgehead atoms. The van der Waals surface area contributed by atoms with Crippen LogP contribution >= 0.6 is 11.6 Å². The maximum absolute atomic E-state index is 12.9. The van der Waals surface area contributed by atoms with Gasteiger partial charge in [0.15, 0.2) is 0 Å². The molecule has 4 aromatic rings. The van der Waals surface area contributed by atoms with Crippen LogP contribution in [0, 0.1) is 6.92 Å². The van der Waals surface area contributed by atoms with E-state index >= 15 is 0 Å². The van der Waals surface area contributed by atoms with Crippen molar-refractivity contribution in [2.24, 2.45) is 0 Å². The lowest BCUT2D eigenvalue weighted by atomic mass is 10.1. The Morgan fingerprint density at radius 3 is 2.42 bits per heavy atom. The summed E-state index contributed by atoms with van der Waals surface area (Å²) in [5.41, 5.74) is 3.31. The minimum atomic E-state index is -0.218. The standard InChI is InChI=1S/C25H22ClN3O2/c1-18-27-14-15-29(18)16-19-8-12-22(13-9-19)28-25(30)23-4-2-3-5-24(23)31-17-20-6-10-21(26)11-7-20/h2-15H,16-17H2,1H3,(H,28,30). The van der Waals surface area contributed by atoms with Gasteiger partial charge < -0.3 is 14.6 Å². The maximum atomic E-state index is 12.9. The molecule has 1 amide bonds. The SMILES string of the molecule is Cc1nccn1Cc1ccc(NC(=O)c2ccccc2OCc2ccc(Cl)cc2)cc1. The molecular formula is C25H22ClN3O2. The molecule has 0 aliphatic heterocycles. The molecule has 0 unspecified atom stereocenters. The van der Waals surface area contributed by atoms with Crippen molar-refractivity contribution in [3.8, 4) is 5.75 Å². The Morgan fingerprint density at radius 2 is 1.71 bits per heavy atom. The number of carbonyl (C=O) groups excluding carboxylic acids is 1. The first-order valence-electron chi connectivity index (χ1n) is 9.93. The number of ether oxygens (including phenoxy) is 1. The molecular weight excluding hydrogens is 410 g/mol. The summed E-state index contributed by atoms with van der Waals surface area (Å²) >= 11 is 5.93. The molecule has 0 fully saturated rings. The minimum absolute atomic E-state index is 0.218. The molecule has 156 valence electrons. The second-order valence-corrected chi connectivity index (χ2v) is 7.60. The van der Waals surface area contributed by atoms with Gasteiger partial charge in [-0.3, -0.25) is 4.79 Å². The predicted molar refractivity (Wildman–Crippen MR) is 123 cm³/mol. The lowest BCUT2D eigenvalue weighted by Gasteiger charge is -2.12. The van der Waals surface area contributed by atoms with Crippen molar-refractivity contribution in [1.82, 2.24) is 9.55 Å². The van der Waals surface area contributed by atoms with Crippen LogP contribution in [0.25, 0.3) is 0 Å². The Morgan fingerprint density at radius 1 is 1.00 bits per heavy atom. The first-order valence-corrected chi connectivity index (χ1v) is 10.3. The van der Waals surface area contributed by atoms with Gasteiger partial charge in [0.25, 0.3) is 5.91 Å². The van der Waals surface area contributed by atoms with E-state index in [4.69, 9.17) is 16.3 Å². The molecule has 0 aliphatic carbocycles. The van der Waals surface area contributed by atoms with Crippen LogP contribution in [0.4, 0.5) is 5.69 Å². The third-order valence-corrected chi connectivity index (χ3v) is 5.18. The third kappa shape index (κ3) is 5.32. The average molecular weight is 432 g/mol. The fourth-order valence-corrected chi connectivity index (χ4v) is 3.31. The molecule has 1 heterocycles. The highest BCUT2D eigenvalue weighted by atomic mass is 35.5. The number of benzene rings is 3. The van der Waals surface area contributed by atoms with Gasteiger partial charge in [-0.2, -0.15) is 0 Å². The highest BCUT2D eigenvalue weighted by molar-refractivity contribution is 6.30. The van der Waals surface area contributed by atoms with Crippen LogP contribution in [-0.4, -0.2) is 15.5 Å². The molecule has 0 saturated carbocycles. The number of imidazole rings is 1. The molecule has 0 spiro atoms. The predicted octanol–water partition coefficient (Wildman–Crippen LogP) is 5.72. The van der Waals surface area contributed by atoms with Crippen LogP contribution in [-0.2, 0) is 13.2 Å². The number of halogens is 1. The van der Waals surface area contributed by atoms with Gasteiger partial charge in [0.1, 0.15) is 18.2 Å². The van der Waals surface area contributed by atoms with Gasteiger partial charge in [-0.25, -0.2) is 4.98 Å². The Hall–Kier alpha value is -3.57. The lowest BCUT2D eigenvalue weighted by molar-refractivity contribution is 0.102. The first kappa shape index (κ1) is 20.7. The molecule has 0 atom stereocenters. The number of carbonyl (C=O) groups is 1. The van der Waals surface area contributed by atoms with Gasteiger partial charge in [0, 0.05) is 29.6 Å². The van der Waals surface area contributed by atoms with Crippen LogP contribution < -0.4 is 10.1 Å². The molecule has 1 aromatic heterocycles. The van der Waals surface area contributed by atoms with Crippen molar-refractivity contribution in [2.75, 3.05) is 5.32 Å². The monoisotopic (exact) mass is 431 g/mol. The normalized spacial score (nSPS) is 10.6. The number of nitrogens with zero attached hydrogens (tertiary/aromatic N) is 2.